The van der Waals surface area contributed by atoms with Gasteiger partial charge in [-0.2, -0.15) is 0 Å². The van der Waals surface area contributed by atoms with E-state index < -0.39 is 4.92 Å². The molecule has 0 fully saturated rings. The van der Waals surface area contributed by atoms with Crippen LogP contribution in [-0.2, 0) is 4.74 Å². The Morgan fingerprint density at radius 1 is 1.35 bits per heavy atom. The summed E-state index contributed by atoms with van der Waals surface area (Å²) in [5, 5.41) is 14.1. The molecule has 1 aromatic carbocycles. The number of nitrogens with zero attached hydrogens (tertiary/aromatic N) is 1. The van der Waals surface area contributed by atoms with Gasteiger partial charge < -0.3 is 14.8 Å². The molecule has 6 nitrogen and oxygen atoms in total. The van der Waals surface area contributed by atoms with E-state index in [1.165, 1.54) is 13.2 Å². The van der Waals surface area contributed by atoms with E-state index >= 15 is 0 Å². The molecule has 0 aromatic heterocycles. The fraction of sp³-hybridized carbons (Fsp3) is 0.571. The number of nitrogens with one attached hydrogen (secondary N) is 1. The van der Waals surface area contributed by atoms with Crippen LogP contribution in [0.25, 0.3) is 0 Å². The summed E-state index contributed by atoms with van der Waals surface area (Å²) in [6.07, 6.45) is 0.931. The number of hydrogen-bond donors (Lipinski definition) is 1. The zero-order valence-electron chi connectivity index (χ0n) is 12.4. The first-order valence-corrected chi connectivity index (χ1v) is 6.45. The highest BCUT2D eigenvalue weighted by Crippen LogP contribution is 2.30. The summed E-state index contributed by atoms with van der Waals surface area (Å²) >= 11 is 0. The molecule has 0 saturated carbocycles. The van der Waals surface area contributed by atoms with Crippen LogP contribution in [0.2, 0.25) is 0 Å². The van der Waals surface area contributed by atoms with Crippen molar-refractivity contribution in [3.8, 4) is 5.75 Å². The van der Waals surface area contributed by atoms with Crippen molar-refractivity contribution in [2.24, 2.45) is 5.41 Å². The summed E-state index contributed by atoms with van der Waals surface area (Å²) in [5.74, 6) is 0.259. The molecule has 0 atom stereocenters. The molecule has 0 amide bonds. The molecule has 1 N–H and O–H groups in total. The number of nitro benzene ring substituents is 1. The lowest BCUT2D eigenvalue weighted by Gasteiger charge is -2.25. The normalized spacial score (nSPS) is 11.2. The topological polar surface area (TPSA) is 73.6 Å². The van der Waals surface area contributed by atoms with Gasteiger partial charge in [0.2, 0.25) is 0 Å². The smallest absolute Gasteiger partial charge is 0.311 e. The quantitative estimate of drug-likeness (QED) is 0.586. The van der Waals surface area contributed by atoms with Crippen LogP contribution in [0.3, 0.4) is 0 Å². The summed E-state index contributed by atoms with van der Waals surface area (Å²) < 4.78 is 10.1. The lowest BCUT2D eigenvalue weighted by atomic mass is 9.89. The van der Waals surface area contributed by atoms with Crippen molar-refractivity contribution in [2.75, 3.05) is 32.7 Å². The van der Waals surface area contributed by atoms with Gasteiger partial charge in [0.25, 0.3) is 0 Å². The van der Waals surface area contributed by atoms with Gasteiger partial charge in [0.1, 0.15) is 0 Å². The first kappa shape index (κ1) is 16.2. The van der Waals surface area contributed by atoms with Crippen molar-refractivity contribution in [1.29, 1.82) is 0 Å². The second-order valence-corrected chi connectivity index (χ2v) is 5.40. The van der Waals surface area contributed by atoms with E-state index in [4.69, 9.17) is 9.47 Å². The molecule has 1 rings (SSSR count). The maximum Gasteiger partial charge on any atom is 0.311 e. The van der Waals surface area contributed by atoms with Crippen LogP contribution in [0.15, 0.2) is 18.2 Å². The summed E-state index contributed by atoms with van der Waals surface area (Å²) in [7, 11) is 3.11. The predicted octanol–water partition coefficient (Wildman–Crippen LogP) is 3.08. The van der Waals surface area contributed by atoms with Gasteiger partial charge in [-0.05, 0) is 17.9 Å². The van der Waals surface area contributed by atoms with Crippen molar-refractivity contribution in [3.63, 3.8) is 0 Å². The van der Waals surface area contributed by atoms with E-state index in [1.54, 1.807) is 19.2 Å². The Morgan fingerprint density at radius 3 is 2.60 bits per heavy atom. The highest BCUT2D eigenvalue weighted by atomic mass is 16.6. The Kier molecular flexibility index (Phi) is 5.76. The molecular formula is C14H22N2O4. The van der Waals surface area contributed by atoms with E-state index in [2.05, 4.69) is 19.2 Å². The summed E-state index contributed by atoms with van der Waals surface area (Å²) in [6.45, 7) is 5.73. The minimum atomic E-state index is -0.453. The van der Waals surface area contributed by atoms with Gasteiger partial charge in [0.05, 0.1) is 12.0 Å². The van der Waals surface area contributed by atoms with Crippen molar-refractivity contribution in [1.82, 2.24) is 0 Å². The minimum Gasteiger partial charge on any atom is -0.490 e. The minimum absolute atomic E-state index is 0.0308. The molecule has 112 valence electrons. The number of benzene rings is 1. The molecule has 1 aromatic rings. The molecule has 0 unspecified atom stereocenters. The Labute approximate surface area is 119 Å². The second kappa shape index (κ2) is 7.09. The van der Waals surface area contributed by atoms with Crippen LogP contribution in [0, 0.1) is 15.5 Å². The standard InChI is InChI=1S/C14H22N2O4/c1-14(2,7-8-19-3)10-15-11-5-6-12(16(17)18)13(9-11)20-4/h5-6,9,15H,7-8,10H2,1-4H3. The Balaban J connectivity index is 2.71. The lowest BCUT2D eigenvalue weighted by Crippen LogP contribution is -2.24. The number of hydrogen-bond acceptors (Lipinski definition) is 5. The maximum atomic E-state index is 10.8. The maximum absolute atomic E-state index is 10.8. The fourth-order valence-electron chi connectivity index (χ4n) is 1.75. The highest BCUT2D eigenvalue weighted by Gasteiger charge is 2.19. The van der Waals surface area contributed by atoms with Gasteiger partial charge in [-0.15, -0.1) is 0 Å². The zero-order valence-corrected chi connectivity index (χ0v) is 12.4. The third kappa shape index (κ3) is 4.70. The van der Waals surface area contributed by atoms with Crippen LogP contribution >= 0.6 is 0 Å². The van der Waals surface area contributed by atoms with Gasteiger partial charge in [0.15, 0.2) is 5.75 Å². The van der Waals surface area contributed by atoms with E-state index in [1.807, 2.05) is 0 Å². The summed E-state index contributed by atoms with van der Waals surface area (Å²) in [6, 6.07) is 4.78. The largest absolute Gasteiger partial charge is 0.490 e. The van der Waals surface area contributed by atoms with Crippen LogP contribution < -0.4 is 10.1 Å². The van der Waals surface area contributed by atoms with Crippen LogP contribution in [0.4, 0.5) is 11.4 Å². The molecule has 0 heterocycles. The van der Waals surface area contributed by atoms with Gasteiger partial charge in [-0.25, -0.2) is 0 Å². The van der Waals surface area contributed by atoms with Gasteiger partial charge in [-0.3, -0.25) is 10.1 Å². The SMILES string of the molecule is COCCC(C)(C)CNc1ccc([N+](=O)[O-])c(OC)c1. The third-order valence-corrected chi connectivity index (χ3v) is 3.13. The van der Waals surface area contributed by atoms with Crippen LogP contribution in [0.1, 0.15) is 20.3 Å². The van der Waals surface area contributed by atoms with Crippen molar-refractivity contribution >= 4 is 11.4 Å². The molecule has 0 aliphatic heterocycles. The fourth-order valence-corrected chi connectivity index (χ4v) is 1.75. The molecule has 0 spiro atoms. The predicted molar refractivity (Wildman–Crippen MR) is 78.4 cm³/mol. The average Bonchev–Trinajstić information content (AvgIpc) is 2.42. The Morgan fingerprint density at radius 2 is 2.05 bits per heavy atom. The number of rotatable bonds is 8. The lowest BCUT2D eigenvalue weighted by molar-refractivity contribution is -0.385. The van der Waals surface area contributed by atoms with Gasteiger partial charge in [-0.1, -0.05) is 13.8 Å². The van der Waals surface area contributed by atoms with Crippen molar-refractivity contribution in [2.45, 2.75) is 20.3 Å². The molecule has 0 radical (unpaired) electrons. The third-order valence-electron chi connectivity index (χ3n) is 3.13. The van der Waals surface area contributed by atoms with Crippen molar-refractivity contribution in [3.05, 3.63) is 28.3 Å². The second-order valence-electron chi connectivity index (χ2n) is 5.40. The molecule has 6 heteroatoms. The van der Waals surface area contributed by atoms with E-state index in [9.17, 15) is 10.1 Å². The molecule has 0 bridgehead atoms. The first-order chi connectivity index (χ1) is 9.39. The molecule has 0 aliphatic carbocycles. The van der Waals surface area contributed by atoms with Crippen LogP contribution in [-0.4, -0.2) is 32.3 Å². The van der Waals surface area contributed by atoms with E-state index in [0.717, 1.165) is 18.7 Å². The van der Waals surface area contributed by atoms with Gasteiger partial charge >= 0.3 is 5.69 Å². The van der Waals surface area contributed by atoms with Gasteiger partial charge in [0, 0.05) is 38.1 Å². The molecule has 0 aliphatic rings. The highest BCUT2D eigenvalue weighted by molar-refractivity contribution is 5.58. The monoisotopic (exact) mass is 282 g/mol. The summed E-state index contributed by atoms with van der Waals surface area (Å²) in [4.78, 5) is 10.4. The molecule has 0 saturated heterocycles. The number of anilines is 1. The molecular weight excluding hydrogens is 260 g/mol. The Hall–Kier alpha value is -1.82. The van der Waals surface area contributed by atoms with Crippen molar-refractivity contribution < 1.29 is 14.4 Å². The first-order valence-electron chi connectivity index (χ1n) is 6.45. The number of nitro groups is 1. The average molecular weight is 282 g/mol. The molecule has 20 heavy (non-hydrogen) atoms. The number of ether oxygens (including phenoxy) is 2. The van der Waals surface area contributed by atoms with E-state index in [0.29, 0.717) is 6.61 Å². The van der Waals surface area contributed by atoms with Crippen LogP contribution in [0.5, 0.6) is 5.75 Å². The summed E-state index contributed by atoms with van der Waals surface area (Å²) in [5.41, 5.74) is 0.847. The van der Waals surface area contributed by atoms with E-state index in [-0.39, 0.29) is 16.9 Å². The number of methoxy groups -OCH3 is 2. The zero-order chi connectivity index (χ0) is 15.2. The Bertz CT molecular complexity index is 460.